The van der Waals surface area contributed by atoms with Crippen LogP contribution in [0, 0.1) is 6.92 Å². The highest BCUT2D eigenvalue weighted by Gasteiger charge is 2.15. The van der Waals surface area contributed by atoms with Crippen molar-refractivity contribution >= 4 is 49.4 Å². The standard InChI is InChI=1S/C22H15BrN2O2S/c1-13-2-7-21-18(8-13)25-22(28-21)14-3-5-16(6-4-14)24-11-15-9-19-20(10-17(15)23)27-12-26-19/h2-11H,12H2,1H3. The number of benzene rings is 3. The van der Waals surface area contributed by atoms with E-state index in [1.54, 1.807) is 11.3 Å². The fraction of sp³-hybridized carbons (Fsp3) is 0.0909. The second kappa shape index (κ2) is 7.04. The molecule has 2 heterocycles. The highest BCUT2D eigenvalue weighted by Crippen LogP contribution is 2.36. The molecule has 0 saturated carbocycles. The molecule has 0 atom stereocenters. The van der Waals surface area contributed by atoms with E-state index in [1.807, 2.05) is 30.5 Å². The lowest BCUT2D eigenvalue weighted by Gasteiger charge is -2.02. The molecule has 0 fully saturated rings. The Kier molecular flexibility index (Phi) is 4.37. The van der Waals surface area contributed by atoms with Gasteiger partial charge in [-0.25, -0.2) is 4.98 Å². The largest absolute Gasteiger partial charge is 0.454 e. The summed E-state index contributed by atoms with van der Waals surface area (Å²) < 4.78 is 12.9. The number of halogens is 1. The molecule has 0 N–H and O–H groups in total. The molecule has 28 heavy (non-hydrogen) atoms. The molecule has 5 rings (SSSR count). The summed E-state index contributed by atoms with van der Waals surface area (Å²) in [5, 5.41) is 1.02. The van der Waals surface area contributed by atoms with Crippen LogP contribution in [-0.4, -0.2) is 18.0 Å². The summed E-state index contributed by atoms with van der Waals surface area (Å²) in [6, 6.07) is 18.3. The van der Waals surface area contributed by atoms with Crippen LogP contribution in [0.2, 0.25) is 0 Å². The Morgan fingerprint density at radius 2 is 1.82 bits per heavy atom. The summed E-state index contributed by atoms with van der Waals surface area (Å²) in [6.07, 6.45) is 1.82. The van der Waals surface area contributed by atoms with E-state index in [2.05, 4.69) is 58.2 Å². The molecule has 0 unspecified atom stereocenters. The summed E-state index contributed by atoms with van der Waals surface area (Å²) >= 11 is 5.26. The molecule has 0 spiro atoms. The SMILES string of the molecule is Cc1ccc2sc(-c3ccc(N=Cc4cc5c(cc4Br)OCO5)cc3)nc2c1. The van der Waals surface area contributed by atoms with E-state index < -0.39 is 0 Å². The second-order valence-electron chi connectivity index (χ2n) is 6.52. The number of hydrogen-bond acceptors (Lipinski definition) is 5. The Morgan fingerprint density at radius 1 is 1.04 bits per heavy atom. The van der Waals surface area contributed by atoms with Gasteiger partial charge in [0.2, 0.25) is 6.79 Å². The van der Waals surface area contributed by atoms with Crippen molar-refractivity contribution in [3.8, 4) is 22.1 Å². The average molecular weight is 451 g/mol. The normalized spacial score (nSPS) is 12.9. The van der Waals surface area contributed by atoms with Gasteiger partial charge in [0.05, 0.1) is 15.9 Å². The predicted octanol–water partition coefficient (Wildman–Crippen LogP) is 6.51. The maximum atomic E-state index is 5.43. The van der Waals surface area contributed by atoms with E-state index in [-0.39, 0.29) is 6.79 Å². The third-order valence-corrected chi connectivity index (χ3v) is 6.27. The highest BCUT2D eigenvalue weighted by atomic mass is 79.9. The van der Waals surface area contributed by atoms with Crippen molar-refractivity contribution in [3.63, 3.8) is 0 Å². The molecular weight excluding hydrogens is 436 g/mol. The molecule has 0 amide bonds. The zero-order valence-electron chi connectivity index (χ0n) is 15.0. The van der Waals surface area contributed by atoms with Crippen LogP contribution in [0.15, 0.2) is 64.1 Å². The Labute approximate surface area is 174 Å². The van der Waals surface area contributed by atoms with Crippen LogP contribution in [0.3, 0.4) is 0 Å². The molecule has 0 radical (unpaired) electrons. The molecule has 1 aliphatic rings. The van der Waals surface area contributed by atoms with Gasteiger partial charge in [0, 0.05) is 21.8 Å². The number of hydrogen-bond donors (Lipinski definition) is 0. The minimum Gasteiger partial charge on any atom is -0.454 e. The number of aliphatic imine (C=N–C) groups is 1. The van der Waals surface area contributed by atoms with Gasteiger partial charge < -0.3 is 9.47 Å². The van der Waals surface area contributed by atoms with Gasteiger partial charge in [-0.15, -0.1) is 11.3 Å². The summed E-state index contributed by atoms with van der Waals surface area (Å²) in [4.78, 5) is 9.34. The second-order valence-corrected chi connectivity index (χ2v) is 8.41. The van der Waals surface area contributed by atoms with Gasteiger partial charge >= 0.3 is 0 Å². The summed E-state index contributed by atoms with van der Waals surface area (Å²) in [5.41, 5.74) is 5.20. The van der Waals surface area contributed by atoms with Crippen LogP contribution < -0.4 is 9.47 Å². The number of ether oxygens (including phenoxy) is 2. The van der Waals surface area contributed by atoms with Crippen LogP contribution in [0.25, 0.3) is 20.8 Å². The summed E-state index contributed by atoms with van der Waals surface area (Å²) in [7, 11) is 0. The van der Waals surface area contributed by atoms with Crippen molar-refractivity contribution in [2.45, 2.75) is 6.92 Å². The van der Waals surface area contributed by atoms with Crippen LogP contribution in [0.4, 0.5) is 5.69 Å². The molecule has 3 aromatic carbocycles. The van der Waals surface area contributed by atoms with E-state index in [0.717, 1.165) is 43.3 Å². The van der Waals surface area contributed by atoms with Gasteiger partial charge in [-0.2, -0.15) is 0 Å². The van der Waals surface area contributed by atoms with Crippen molar-refractivity contribution < 1.29 is 9.47 Å². The molecule has 138 valence electrons. The van der Waals surface area contributed by atoms with Gasteiger partial charge in [-0.3, -0.25) is 4.99 Å². The molecule has 0 bridgehead atoms. The van der Waals surface area contributed by atoms with Crippen molar-refractivity contribution in [1.82, 2.24) is 4.98 Å². The topological polar surface area (TPSA) is 43.7 Å². The zero-order chi connectivity index (χ0) is 19.1. The first kappa shape index (κ1) is 17.4. The smallest absolute Gasteiger partial charge is 0.231 e. The number of fused-ring (bicyclic) bond motifs is 2. The fourth-order valence-corrected chi connectivity index (χ4v) is 4.40. The van der Waals surface area contributed by atoms with Gasteiger partial charge in [0.15, 0.2) is 11.5 Å². The zero-order valence-corrected chi connectivity index (χ0v) is 17.4. The van der Waals surface area contributed by atoms with E-state index in [1.165, 1.54) is 10.3 Å². The Balaban J connectivity index is 1.39. The lowest BCUT2D eigenvalue weighted by molar-refractivity contribution is 0.174. The van der Waals surface area contributed by atoms with Crippen molar-refractivity contribution in [1.29, 1.82) is 0 Å². The highest BCUT2D eigenvalue weighted by molar-refractivity contribution is 9.10. The third kappa shape index (κ3) is 3.30. The number of rotatable bonds is 3. The molecule has 4 nitrogen and oxygen atoms in total. The number of thiazole rings is 1. The molecule has 0 saturated heterocycles. The minimum absolute atomic E-state index is 0.259. The molecule has 1 aromatic heterocycles. The van der Waals surface area contributed by atoms with Crippen molar-refractivity contribution in [3.05, 3.63) is 70.2 Å². The van der Waals surface area contributed by atoms with E-state index >= 15 is 0 Å². The molecular formula is C22H15BrN2O2S. The molecule has 1 aliphatic heterocycles. The summed E-state index contributed by atoms with van der Waals surface area (Å²) in [6.45, 7) is 2.35. The van der Waals surface area contributed by atoms with Gasteiger partial charge in [0.1, 0.15) is 5.01 Å². The Morgan fingerprint density at radius 3 is 2.64 bits per heavy atom. The first-order valence-electron chi connectivity index (χ1n) is 8.76. The lowest BCUT2D eigenvalue weighted by Crippen LogP contribution is -1.92. The fourth-order valence-electron chi connectivity index (χ4n) is 3.03. The van der Waals surface area contributed by atoms with Gasteiger partial charge in [0.25, 0.3) is 0 Å². The monoisotopic (exact) mass is 450 g/mol. The van der Waals surface area contributed by atoms with Crippen LogP contribution in [-0.2, 0) is 0 Å². The lowest BCUT2D eigenvalue weighted by atomic mass is 10.2. The first-order chi connectivity index (χ1) is 13.7. The number of aryl methyl sites for hydroxylation is 1. The van der Waals surface area contributed by atoms with Gasteiger partial charge in [-0.1, -0.05) is 6.07 Å². The van der Waals surface area contributed by atoms with Crippen LogP contribution in [0.5, 0.6) is 11.5 Å². The van der Waals surface area contributed by atoms with E-state index in [0.29, 0.717) is 0 Å². The maximum Gasteiger partial charge on any atom is 0.231 e. The molecule has 6 heteroatoms. The average Bonchev–Trinajstić information content (AvgIpc) is 3.32. The summed E-state index contributed by atoms with van der Waals surface area (Å²) in [5.74, 6) is 1.49. The molecule has 0 aliphatic carbocycles. The van der Waals surface area contributed by atoms with Crippen molar-refractivity contribution in [2.75, 3.05) is 6.79 Å². The maximum absolute atomic E-state index is 5.43. The van der Waals surface area contributed by atoms with E-state index in [4.69, 9.17) is 14.5 Å². The third-order valence-electron chi connectivity index (χ3n) is 4.50. The van der Waals surface area contributed by atoms with Crippen LogP contribution in [0.1, 0.15) is 11.1 Å². The Hall–Kier alpha value is -2.70. The van der Waals surface area contributed by atoms with Gasteiger partial charge in [-0.05, 0) is 76.9 Å². The quantitative estimate of drug-likeness (QED) is 0.334. The predicted molar refractivity (Wildman–Crippen MR) is 117 cm³/mol. The number of aromatic nitrogens is 1. The van der Waals surface area contributed by atoms with E-state index in [9.17, 15) is 0 Å². The Bertz CT molecular complexity index is 1220. The first-order valence-corrected chi connectivity index (χ1v) is 10.4. The van der Waals surface area contributed by atoms with Crippen LogP contribution >= 0.6 is 27.3 Å². The number of nitrogens with zero attached hydrogens (tertiary/aromatic N) is 2. The van der Waals surface area contributed by atoms with Crippen molar-refractivity contribution in [2.24, 2.45) is 4.99 Å². The molecule has 4 aromatic rings. The minimum atomic E-state index is 0.259.